The van der Waals surface area contributed by atoms with Crippen molar-refractivity contribution in [2.45, 2.75) is 6.61 Å². The van der Waals surface area contributed by atoms with Crippen molar-refractivity contribution >= 4 is 28.6 Å². The summed E-state index contributed by atoms with van der Waals surface area (Å²) in [6.45, 7) is 0.446. The first-order valence-corrected chi connectivity index (χ1v) is 7.65. The number of hydrogen-bond acceptors (Lipinski definition) is 4. The number of rotatable bonds is 4. The van der Waals surface area contributed by atoms with E-state index >= 15 is 0 Å². The molecule has 0 radical (unpaired) electrons. The van der Waals surface area contributed by atoms with E-state index < -0.39 is 0 Å². The molecule has 2 aromatic carbocycles. The van der Waals surface area contributed by atoms with Crippen molar-refractivity contribution in [3.63, 3.8) is 0 Å². The van der Waals surface area contributed by atoms with Gasteiger partial charge in [0.15, 0.2) is 0 Å². The SMILES string of the molecule is Nc1ccc(-c2csc(COc3ccc(Cl)cc3)n2)cc1. The van der Waals surface area contributed by atoms with E-state index in [1.54, 1.807) is 23.5 Å². The smallest absolute Gasteiger partial charge is 0.140 e. The first-order valence-electron chi connectivity index (χ1n) is 6.39. The van der Waals surface area contributed by atoms with Crippen molar-refractivity contribution in [1.82, 2.24) is 4.98 Å². The lowest BCUT2D eigenvalue weighted by atomic mass is 10.1. The molecule has 21 heavy (non-hydrogen) atoms. The lowest BCUT2D eigenvalue weighted by Gasteiger charge is -2.03. The minimum Gasteiger partial charge on any atom is -0.486 e. The molecule has 106 valence electrons. The molecule has 0 saturated heterocycles. The van der Waals surface area contributed by atoms with Gasteiger partial charge in [-0.15, -0.1) is 11.3 Å². The second-order valence-electron chi connectivity index (χ2n) is 4.49. The third-order valence-electron chi connectivity index (χ3n) is 2.93. The van der Waals surface area contributed by atoms with Gasteiger partial charge < -0.3 is 10.5 Å². The molecule has 0 aliphatic carbocycles. The highest BCUT2D eigenvalue weighted by Gasteiger charge is 2.05. The Hall–Kier alpha value is -2.04. The van der Waals surface area contributed by atoms with Gasteiger partial charge >= 0.3 is 0 Å². The molecule has 0 bridgehead atoms. The van der Waals surface area contributed by atoms with Gasteiger partial charge in [0.1, 0.15) is 17.4 Å². The average molecular weight is 317 g/mol. The average Bonchev–Trinajstić information content (AvgIpc) is 2.96. The Labute approximate surface area is 132 Å². The van der Waals surface area contributed by atoms with Crippen molar-refractivity contribution in [3.8, 4) is 17.0 Å². The van der Waals surface area contributed by atoms with Crippen LogP contribution in [0.3, 0.4) is 0 Å². The van der Waals surface area contributed by atoms with E-state index in [-0.39, 0.29) is 0 Å². The molecule has 0 atom stereocenters. The molecule has 1 heterocycles. The summed E-state index contributed by atoms with van der Waals surface area (Å²) < 4.78 is 5.68. The quantitative estimate of drug-likeness (QED) is 0.714. The number of hydrogen-bond donors (Lipinski definition) is 1. The van der Waals surface area contributed by atoms with E-state index in [1.165, 1.54) is 0 Å². The number of nitrogens with zero attached hydrogens (tertiary/aromatic N) is 1. The molecule has 0 aliphatic heterocycles. The highest BCUT2D eigenvalue weighted by molar-refractivity contribution is 7.09. The van der Waals surface area contributed by atoms with Gasteiger partial charge in [-0.2, -0.15) is 0 Å². The zero-order chi connectivity index (χ0) is 14.7. The van der Waals surface area contributed by atoms with Gasteiger partial charge in [0, 0.05) is 21.7 Å². The first kappa shape index (κ1) is 13.9. The van der Waals surface area contributed by atoms with Crippen LogP contribution >= 0.6 is 22.9 Å². The molecule has 1 aromatic heterocycles. The van der Waals surface area contributed by atoms with Gasteiger partial charge in [-0.25, -0.2) is 4.98 Å². The first-order chi connectivity index (χ1) is 10.2. The van der Waals surface area contributed by atoms with E-state index in [9.17, 15) is 0 Å². The summed E-state index contributed by atoms with van der Waals surface area (Å²) in [5.74, 6) is 0.781. The number of nitrogen functional groups attached to an aromatic ring is 1. The molecule has 2 N–H and O–H groups in total. The van der Waals surface area contributed by atoms with Crippen molar-refractivity contribution in [3.05, 3.63) is 63.9 Å². The van der Waals surface area contributed by atoms with Crippen molar-refractivity contribution in [2.75, 3.05) is 5.73 Å². The lowest BCUT2D eigenvalue weighted by Crippen LogP contribution is -1.94. The molecule has 0 amide bonds. The van der Waals surface area contributed by atoms with Gasteiger partial charge in [-0.05, 0) is 36.4 Å². The highest BCUT2D eigenvalue weighted by atomic mass is 35.5. The normalized spacial score (nSPS) is 10.5. The number of anilines is 1. The molecule has 3 nitrogen and oxygen atoms in total. The Morgan fingerprint density at radius 2 is 1.76 bits per heavy atom. The molecule has 0 aliphatic rings. The van der Waals surface area contributed by atoms with Crippen LogP contribution in [0.5, 0.6) is 5.75 Å². The van der Waals surface area contributed by atoms with E-state index in [2.05, 4.69) is 4.98 Å². The molecule has 0 fully saturated rings. The number of thiazole rings is 1. The standard InChI is InChI=1S/C16H13ClN2OS/c17-12-3-7-14(8-4-12)20-9-16-19-15(10-21-16)11-1-5-13(18)6-2-11/h1-8,10H,9,18H2. The summed E-state index contributed by atoms with van der Waals surface area (Å²) in [6, 6.07) is 15.0. The Kier molecular flexibility index (Phi) is 4.08. The van der Waals surface area contributed by atoms with E-state index in [0.29, 0.717) is 11.6 Å². The second-order valence-corrected chi connectivity index (χ2v) is 5.87. The zero-order valence-electron chi connectivity index (χ0n) is 11.1. The van der Waals surface area contributed by atoms with Gasteiger partial charge in [0.2, 0.25) is 0 Å². The molecular formula is C16H13ClN2OS. The van der Waals surface area contributed by atoms with Crippen molar-refractivity contribution < 1.29 is 4.74 Å². The zero-order valence-corrected chi connectivity index (χ0v) is 12.7. The maximum absolute atomic E-state index is 5.84. The fourth-order valence-corrected chi connectivity index (χ4v) is 2.68. The lowest BCUT2D eigenvalue weighted by molar-refractivity contribution is 0.305. The molecule has 3 aromatic rings. The summed E-state index contributed by atoms with van der Waals surface area (Å²) in [5.41, 5.74) is 8.43. The van der Waals surface area contributed by atoms with Crippen LogP contribution in [0.4, 0.5) is 5.69 Å². The van der Waals surface area contributed by atoms with Crippen LogP contribution in [0.25, 0.3) is 11.3 Å². The summed E-state index contributed by atoms with van der Waals surface area (Å²) in [6.07, 6.45) is 0. The minimum atomic E-state index is 0.446. The monoisotopic (exact) mass is 316 g/mol. The molecule has 5 heteroatoms. The number of halogens is 1. The summed E-state index contributed by atoms with van der Waals surface area (Å²) in [5, 5.41) is 3.64. The number of benzene rings is 2. The number of ether oxygens (including phenoxy) is 1. The van der Waals surface area contributed by atoms with Crippen molar-refractivity contribution in [1.29, 1.82) is 0 Å². The van der Waals surface area contributed by atoms with Crippen LogP contribution in [0.2, 0.25) is 5.02 Å². The predicted octanol–water partition coefficient (Wildman–Crippen LogP) is 4.62. The van der Waals surface area contributed by atoms with E-state index in [4.69, 9.17) is 22.1 Å². The molecule has 0 unspecified atom stereocenters. The third-order valence-corrected chi connectivity index (χ3v) is 4.01. The van der Waals surface area contributed by atoms with Crippen LogP contribution in [0, 0.1) is 0 Å². The highest BCUT2D eigenvalue weighted by Crippen LogP contribution is 2.24. The predicted molar refractivity (Wildman–Crippen MR) is 87.7 cm³/mol. The minimum absolute atomic E-state index is 0.446. The van der Waals surface area contributed by atoms with Crippen LogP contribution < -0.4 is 10.5 Å². The Bertz CT molecular complexity index is 723. The molecule has 0 spiro atoms. The Morgan fingerprint density at radius 1 is 1.05 bits per heavy atom. The summed E-state index contributed by atoms with van der Waals surface area (Å²) >= 11 is 7.41. The van der Waals surface area contributed by atoms with Crippen molar-refractivity contribution in [2.24, 2.45) is 0 Å². The number of aromatic nitrogens is 1. The Balaban J connectivity index is 1.67. The van der Waals surface area contributed by atoms with Crippen LogP contribution in [0.15, 0.2) is 53.9 Å². The van der Waals surface area contributed by atoms with Crippen LogP contribution in [0.1, 0.15) is 5.01 Å². The molecule has 0 saturated carbocycles. The van der Waals surface area contributed by atoms with Gasteiger partial charge in [-0.3, -0.25) is 0 Å². The maximum Gasteiger partial charge on any atom is 0.140 e. The second kappa shape index (κ2) is 6.16. The fraction of sp³-hybridized carbons (Fsp3) is 0.0625. The fourth-order valence-electron chi connectivity index (χ4n) is 1.84. The van der Waals surface area contributed by atoms with Gasteiger partial charge in [0.05, 0.1) is 5.69 Å². The van der Waals surface area contributed by atoms with Gasteiger partial charge in [-0.1, -0.05) is 23.7 Å². The third kappa shape index (κ3) is 3.54. The Morgan fingerprint density at radius 3 is 2.48 bits per heavy atom. The molecular weight excluding hydrogens is 304 g/mol. The van der Waals surface area contributed by atoms with Gasteiger partial charge in [0.25, 0.3) is 0 Å². The topological polar surface area (TPSA) is 48.1 Å². The number of nitrogens with two attached hydrogens (primary N) is 1. The summed E-state index contributed by atoms with van der Waals surface area (Å²) in [4.78, 5) is 4.57. The summed E-state index contributed by atoms with van der Waals surface area (Å²) in [7, 11) is 0. The van der Waals surface area contributed by atoms with E-state index in [1.807, 2.05) is 41.8 Å². The molecule has 3 rings (SSSR count). The maximum atomic E-state index is 5.84. The van der Waals surface area contributed by atoms with Crippen LogP contribution in [-0.2, 0) is 6.61 Å². The largest absolute Gasteiger partial charge is 0.486 e. The van der Waals surface area contributed by atoms with Crippen LogP contribution in [-0.4, -0.2) is 4.98 Å². The van der Waals surface area contributed by atoms with E-state index in [0.717, 1.165) is 27.7 Å².